The molecular weight excluding hydrogens is 502 g/mol. The molecule has 1 saturated heterocycles. The van der Waals surface area contributed by atoms with Crippen LogP contribution in [0.25, 0.3) is 10.2 Å². The fraction of sp³-hybridized carbons (Fsp3) is 0.364. The number of aromatic nitrogens is 1. The summed E-state index contributed by atoms with van der Waals surface area (Å²) in [6, 6.07) is 11.1. The molecule has 6 nitrogen and oxygen atoms in total. The Morgan fingerprint density at radius 2 is 2.10 bits per heavy atom. The predicted octanol–water partition coefficient (Wildman–Crippen LogP) is 5.09. The number of fused-ring (bicyclic) bond motifs is 1. The molecule has 0 N–H and O–H groups in total. The van der Waals surface area contributed by atoms with E-state index in [1.165, 1.54) is 11.3 Å². The highest BCUT2D eigenvalue weighted by Gasteiger charge is 2.24. The van der Waals surface area contributed by atoms with Gasteiger partial charge in [-0.2, -0.15) is 0 Å². The highest BCUT2D eigenvalue weighted by atomic mass is 79.9. The largest absolute Gasteiger partial charge is 0.494 e. The van der Waals surface area contributed by atoms with Crippen LogP contribution >= 0.6 is 38.9 Å². The molecule has 31 heavy (non-hydrogen) atoms. The predicted molar refractivity (Wildman–Crippen MR) is 129 cm³/mol. The summed E-state index contributed by atoms with van der Waals surface area (Å²) in [4.78, 5) is 22.3. The summed E-state index contributed by atoms with van der Waals surface area (Å²) in [5.74, 6) is 0.634. The Morgan fingerprint density at radius 3 is 2.87 bits per heavy atom. The van der Waals surface area contributed by atoms with Crippen LogP contribution in [0.3, 0.4) is 0 Å². The SMILES string of the molecule is CCOc1ccc2nc(N(CCN3CCOCC3)C(=O)c3cc(Br)ccc3Cl)sc2c1. The lowest BCUT2D eigenvalue weighted by Crippen LogP contribution is -2.43. The number of halogens is 2. The first kappa shape index (κ1) is 22.5. The van der Waals surface area contributed by atoms with Crippen molar-refractivity contribution in [3.63, 3.8) is 0 Å². The van der Waals surface area contributed by atoms with Gasteiger partial charge >= 0.3 is 0 Å². The molecule has 0 spiro atoms. The van der Waals surface area contributed by atoms with Crippen molar-refractivity contribution in [2.75, 3.05) is 50.9 Å². The minimum atomic E-state index is -0.163. The zero-order chi connectivity index (χ0) is 21.8. The van der Waals surface area contributed by atoms with Crippen molar-refractivity contribution >= 4 is 60.1 Å². The molecular formula is C22H23BrClN3O3S. The molecule has 0 saturated carbocycles. The summed E-state index contributed by atoms with van der Waals surface area (Å²) in [6.07, 6.45) is 0. The molecule has 2 heterocycles. The van der Waals surface area contributed by atoms with Gasteiger partial charge in [-0.25, -0.2) is 4.98 Å². The third kappa shape index (κ3) is 5.38. The van der Waals surface area contributed by atoms with E-state index in [0.29, 0.717) is 42.1 Å². The maximum Gasteiger partial charge on any atom is 0.261 e. The van der Waals surface area contributed by atoms with Gasteiger partial charge in [0.1, 0.15) is 5.75 Å². The number of morpholine rings is 1. The van der Waals surface area contributed by atoms with E-state index in [-0.39, 0.29) is 5.91 Å². The van der Waals surface area contributed by atoms with Crippen LogP contribution in [0.2, 0.25) is 5.02 Å². The second-order valence-electron chi connectivity index (χ2n) is 7.09. The Kier molecular flexibility index (Phi) is 7.45. The molecule has 3 aromatic rings. The summed E-state index contributed by atoms with van der Waals surface area (Å²) in [5, 5.41) is 1.07. The summed E-state index contributed by atoms with van der Waals surface area (Å²) in [7, 11) is 0. The number of anilines is 1. The standard InChI is InChI=1S/C22H23BrClN3O3S/c1-2-30-16-4-6-19-20(14-16)31-22(25-19)27(8-7-26-9-11-29-12-10-26)21(28)17-13-15(23)3-5-18(17)24/h3-6,13-14H,2,7-12H2,1H3. The third-order valence-corrected chi connectivity index (χ3v) is 6.90. The van der Waals surface area contributed by atoms with E-state index in [1.54, 1.807) is 17.0 Å². The molecule has 1 fully saturated rings. The molecule has 4 rings (SSSR count). The van der Waals surface area contributed by atoms with E-state index < -0.39 is 0 Å². The fourth-order valence-corrected chi connectivity index (χ4v) is 5.00. The number of carbonyl (C=O) groups excluding carboxylic acids is 1. The van der Waals surface area contributed by atoms with E-state index in [2.05, 4.69) is 20.8 Å². The average Bonchev–Trinajstić information content (AvgIpc) is 3.19. The number of ether oxygens (including phenoxy) is 2. The van der Waals surface area contributed by atoms with E-state index >= 15 is 0 Å². The number of rotatable bonds is 7. The van der Waals surface area contributed by atoms with Gasteiger partial charge in [-0.1, -0.05) is 38.9 Å². The molecule has 9 heteroatoms. The van der Waals surface area contributed by atoms with Gasteiger partial charge in [-0.3, -0.25) is 14.6 Å². The van der Waals surface area contributed by atoms with Gasteiger partial charge in [0, 0.05) is 30.7 Å². The lowest BCUT2D eigenvalue weighted by Gasteiger charge is -2.29. The zero-order valence-electron chi connectivity index (χ0n) is 17.1. The average molecular weight is 525 g/mol. The monoisotopic (exact) mass is 523 g/mol. The lowest BCUT2D eigenvalue weighted by molar-refractivity contribution is 0.0391. The van der Waals surface area contributed by atoms with Crippen molar-refractivity contribution in [2.24, 2.45) is 0 Å². The van der Waals surface area contributed by atoms with Crippen molar-refractivity contribution in [2.45, 2.75) is 6.92 Å². The molecule has 1 aliphatic heterocycles. The molecule has 164 valence electrons. The van der Waals surface area contributed by atoms with Crippen LogP contribution in [0.4, 0.5) is 5.13 Å². The fourth-order valence-electron chi connectivity index (χ4n) is 3.42. The first-order valence-corrected chi connectivity index (χ1v) is 12.1. The van der Waals surface area contributed by atoms with Gasteiger partial charge in [-0.15, -0.1) is 0 Å². The molecule has 1 amide bonds. The number of carbonyl (C=O) groups is 1. The Morgan fingerprint density at radius 1 is 1.29 bits per heavy atom. The first-order chi connectivity index (χ1) is 15.0. The van der Waals surface area contributed by atoms with Crippen LogP contribution in [0.15, 0.2) is 40.9 Å². The van der Waals surface area contributed by atoms with E-state index in [1.807, 2.05) is 31.2 Å². The molecule has 0 unspecified atom stereocenters. The van der Waals surface area contributed by atoms with Gasteiger partial charge in [0.2, 0.25) is 0 Å². The minimum absolute atomic E-state index is 0.163. The maximum atomic E-state index is 13.6. The quantitative estimate of drug-likeness (QED) is 0.431. The molecule has 0 atom stereocenters. The zero-order valence-corrected chi connectivity index (χ0v) is 20.3. The minimum Gasteiger partial charge on any atom is -0.494 e. The van der Waals surface area contributed by atoms with E-state index in [9.17, 15) is 4.79 Å². The summed E-state index contributed by atoms with van der Waals surface area (Å²) in [5.41, 5.74) is 1.29. The lowest BCUT2D eigenvalue weighted by atomic mass is 10.2. The second kappa shape index (κ2) is 10.3. The molecule has 0 radical (unpaired) electrons. The van der Waals surface area contributed by atoms with E-state index in [4.69, 9.17) is 26.1 Å². The topological polar surface area (TPSA) is 54.9 Å². The van der Waals surface area contributed by atoms with Gasteiger partial charge < -0.3 is 9.47 Å². The molecule has 0 aliphatic carbocycles. The van der Waals surface area contributed by atoms with Crippen LogP contribution in [-0.2, 0) is 4.74 Å². The third-order valence-electron chi connectivity index (χ3n) is 5.04. The number of hydrogen-bond acceptors (Lipinski definition) is 6. The molecule has 2 aromatic carbocycles. The number of amides is 1. The van der Waals surface area contributed by atoms with Crippen LogP contribution < -0.4 is 9.64 Å². The highest BCUT2D eigenvalue weighted by Crippen LogP contribution is 2.33. The Balaban J connectivity index is 1.66. The van der Waals surface area contributed by atoms with Gasteiger partial charge in [0.15, 0.2) is 5.13 Å². The van der Waals surface area contributed by atoms with Crippen molar-refractivity contribution in [1.82, 2.24) is 9.88 Å². The van der Waals surface area contributed by atoms with Crippen LogP contribution in [0.1, 0.15) is 17.3 Å². The van der Waals surface area contributed by atoms with Gasteiger partial charge in [0.05, 0.1) is 40.6 Å². The van der Waals surface area contributed by atoms with Crippen LogP contribution in [0, 0.1) is 0 Å². The Labute approximate surface area is 198 Å². The summed E-state index contributed by atoms with van der Waals surface area (Å²) < 4.78 is 12.8. The first-order valence-electron chi connectivity index (χ1n) is 10.2. The normalized spacial score (nSPS) is 14.7. The van der Waals surface area contributed by atoms with Gasteiger partial charge in [-0.05, 0) is 43.3 Å². The molecule has 1 aromatic heterocycles. The maximum absolute atomic E-state index is 13.6. The Hall–Kier alpha value is -1.71. The highest BCUT2D eigenvalue weighted by molar-refractivity contribution is 9.10. The molecule has 1 aliphatic rings. The van der Waals surface area contributed by atoms with Crippen molar-refractivity contribution in [1.29, 1.82) is 0 Å². The molecule has 0 bridgehead atoms. The van der Waals surface area contributed by atoms with Gasteiger partial charge in [0.25, 0.3) is 5.91 Å². The number of benzene rings is 2. The summed E-state index contributed by atoms with van der Waals surface area (Å²) >= 11 is 11.3. The second-order valence-corrected chi connectivity index (χ2v) is 9.43. The van der Waals surface area contributed by atoms with Crippen molar-refractivity contribution in [3.05, 3.63) is 51.5 Å². The number of thiazole rings is 1. The Bertz CT molecular complexity index is 1070. The van der Waals surface area contributed by atoms with Crippen LogP contribution in [-0.4, -0.2) is 61.8 Å². The number of hydrogen-bond donors (Lipinski definition) is 0. The number of nitrogens with zero attached hydrogens (tertiary/aromatic N) is 3. The smallest absolute Gasteiger partial charge is 0.261 e. The van der Waals surface area contributed by atoms with Crippen LogP contribution in [0.5, 0.6) is 5.75 Å². The van der Waals surface area contributed by atoms with Crippen molar-refractivity contribution < 1.29 is 14.3 Å². The van der Waals surface area contributed by atoms with Crippen molar-refractivity contribution in [3.8, 4) is 5.75 Å². The summed E-state index contributed by atoms with van der Waals surface area (Å²) in [6.45, 7) is 6.95. The van der Waals surface area contributed by atoms with E-state index in [0.717, 1.165) is 40.1 Å².